The van der Waals surface area contributed by atoms with Gasteiger partial charge >= 0.3 is 0 Å². The van der Waals surface area contributed by atoms with Crippen molar-refractivity contribution < 1.29 is 14.3 Å². The van der Waals surface area contributed by atoms with E-state index < -0.39 is 0 Å². The smallest absolute Gasteiger partial charge is 0.265 e. The quantitative estimate of drug-likeness (QED) is 0.828. The van der Waals surface area contributed by atoms with E-state index in [2.05, 4.69) is 0 Å². The summed E-state index contributed by atoms with van der Waals surface area (Å²) in [4.78, 5) is 27.3. The first-order valence-electron chi connectivity index (χ1n) is 6.67. The van der Waals surface area contributed by atoms with Crippen LogP contribution in [0.4, 0.5) is 11.4 Å². The lowest BCUT2D eigenvalue weighted by atomic mass is 10.2. The molecule has 0 aliphatic carbocycles. The van der Waals surface area contributed by atoms with Crippen LogP contribution in [-0.4, -0.2) is 43.0 Å². The lowest BCUT2D eigenvalue weighted by Crippen LogP contribution is -2.46. The Morgan fingerprint density at radius 2 is 2.10 bits per heavy atom. The van der Waals surface area contributed by atoms with Crippen LogP contribution in [0.3, 0.4) is 0 Å². The standard InChI is InChI=1S/C14H19N3O3/c1-3-16(4-2)12(18)8-17-11-7-5-6-10(15)14(11)20-9-13(17)19/h5-7H,3-4,8-9,15H2,1-2H3. The molecule has 0 saturated carbocycles. The zero-order chi connectivity index (χ0) is 14.7. The number of rotatable bonds is 4. The van der Waals surface area contributed by atoms with Crippen molar-refractivity contribution in [1.29, 1.82) is 0 Å². The number of carbonyl (C=O) groups excluding carboxylic acids is 2. The first-order chi connectivity index (χ1) is 9.58. The third-order valence-corrected chi connectivity index (χ3v) is 3.37. The largest absolute Gasteiger partial charge is 0.479 e. The molecule has 6 heteroatoms. The van der Waals surface area contributed by atoms with Gasteiger partial charge in [0.25, 0.3) is 5.91 Å². The fourth-order valence-corrected chi connectivity index (χ4v) is 2.24. The molecule has 1 aliphatic heterocycles. The summed E-state index contributed by atoms with van der Waals surface area (Å²) in [6, 6.07) is 5.18. The van der Waals surface area contributed by atoms with Crippen LogP contribution in [0, 0.1) is 0 Å². The molecule has 0 spiro atoms. The Morgan fingerprint density at radius 1 is 1.40 bits per heavy atom. The zero-order valence-electron chi connectivity index (χ0n) is 11.8. The Balaban J connectivity index is 2.26. The number of hydrogen-bond acceptors (Lipinski definition) is 4. The molecule has 20 heavy (non-hydrogen) atoms. The summed E-state index contributed by atoms with van der Waals surface area (Å²) in [5.41, 5.74) is 6.86. The molecule has 0 saturated heterocycles. The van der Waals surface area contributed by atoms with E-state index >= 15 is 0 Å². The summed E-state index contributed by atoms with van der Waals surface area (Å²) < 4.78 is 5.35. The van der Waals surface area contributed by atoms with E-state index in [1.165, 1.54) is 4.90 Å². The summed E-state index contributed by atoms with van der Waals surface area (Å²) in [7, 11) is 0. The van der Waals surface area contributed by atoms with Crippen molar-refractivity contribution in [3.05, 3.63) is 18.2 Å². The van der Waals surface area contributed by atoms with E-state index in [1.807, 2.05) is 13.8 Å². The molecule has 1 aromatic rings. The van der Waals surface area contributed by atoms with Crippen molar-refractivity contribution in [3.63, 3.8) is 0 Å². The fraction of sp³-hybridized carbons (Fsp3) is 0.429. The predicted molar refractivity (Wildman–Crippen MR) is 76.6 cm³/mol. The average molecular weight is 277 g/mol. The number of fused-ring (bicyclic) bond motifs is 1. The Labute approximate surface area is 118 Å². The summed E-state index contributed by atoms with van der Waals surface area (Å²) in [5.74, 6) is 0.154. The Bertz CT molecular complexity index is 526. The van der Waals surface area contributed by atoms with Gasteiger partial charge in [-0.05, 0) is 26.0 Å². The molecule has 108 valence electrons. The van der Waals surface area contributed by atoms with Gasteiger partial charge in [0.2, 0.25) is 5.91 Å². The van der Waals surface area contributed by atoms with Crippen molar-refractivity contribution in [3.8, 4) is 5.75 Å². The van der Waals surface area contributed by atoms with Crippen LogP contribution < -0.4 is 15.4 Å². The van der Waals surface area contributed by atoms with Crippen molar-refractivity contribution in [2.45, 2.75) is 13.8 Å². The molecule has 0 fully saturated rings. The van der Waals surface area contributed by atoms with Gasteiger partial charge in [-0.2, -0.15) is 0 Å². The van der Waals surface area contributed by atoms with Crippen molar-refractivity contribution >= 4 is 23.2 Å². The van der Waals surface area contributed by atoms with Gasteiger partial charge in [-0.15, -0.1) is 0 Å². The number of nitrogens with two attached hydrogens (primary N) is 1. The number of likely N-dealkylation sites (N-methyl/N-ethyl adjacent to an activating group) is 1. The van der Waals surface area contributed by atoms with Gasteiger partial charge in [0.1, 0.15) is 6.54 Å². The van der Waals surface area contributed by atoms with Gasteiger partial charge in [0, 0.05) is 13.1 Å². The summed E-state index contributed by atoms with van der Waals surface area (Å²) >= 11 is 0. The molecule has 1 heterocycles. The maximum Gasteiger partial charge on any atom is 0.265 e. The number of benzene rings is 1. The molecular weight excluding hydrogens is 258 g/mol. The molecule has 6 nitrogen and oxygen atoms in total. The Morgan fingerprint density at radius 3 is 2.75 bits per heavy atom. The molecule has 0 atom stereocenters. The minimum atomic E-state index is -0.233. The van der Waals surface area contributed by atoms with Gasteiger partial charge in [-0.25, -0.2) is 0 Å². The molecule has 2 rings (SSSR count). The van der Waals surface area contributed by atoms with Crippen LogP contribution in [0.1, 0.15) is 13.8 Å². The van der Waals surface area contributed by atoms with Crippen LogP contribution in [0.15, 0.2) is 18.2 Å². The molecule has 0 unspecified atom stereocenters. The Kier molecular flexibility index (Phi) is 4.12. The molecule has 0 bridgehead atoms. The van der Waals surface area contributed by atoms with Crippen LogP contribution in [0.2, 0.25) is 0 Å². The van der Waals surface area contributed by atoms with Crippen LogP contribution in [-0.2, 0) is 9.59 Å². The van der Waals surface area contributed by atoms with Crippen molar-refractivity contribution in [2.24, 2.45) is 0 Å². The molecular formula is C14H19N3O3. The van der Waals surface area contributed by atoms with E-state index in [0.29, 0.717) is 30.2 Å². The molecule has 0 aromatic heterocycles. The average Bonchev–Trinajstić information content (AvgIpc) is 2.43. The highest BCUT2D eigenvalue weighted by Crippen LogP contribution is 2.36. The molecule has 1 aliphatic rings. The number of anilines is 2. The number of nitrogen functional groups attached to an aromatic ring is 1. The number of para-hydroxylation sites is 1. The number of carbonyl (C=O) groups is 2. The maximum atomic E-state index is 12.2. The van der Waals surface area contributed by atoms with E-state index in [-0.39, 0.29) is 25.0 Å². The maximum absolute atomic E-state index is 12.2. The fourth-order valence-electron chi connectivity index (χ4n) is 2.24. The first-order valence-corrected chi connectivity index (χ1v) is 6.67. The highest BCUT2D eigenvalue weighted by atomic mass is 16.5. The topological polar surface area (TPSA) is 75.9 Å². The SMILES string of the molecule is CCN(CC)C(=O)CN1C(=O)COc2c(N)cccc21. The molecule has 2 N–H and O–H groups in total. The third-order valence-electron chi connectivity index (χ3n) is 3.37. The summed E-state index contributed by atoms with van der Waals surface area (Å²) in [6.45, 7) is 4.99. The van der Waals surface area contributed by atoms with Gasteiger partial charge in [0.15, 0.2) is 12.4 Å². The second-order valence-corrected chi connectivity index (χ2v) is 4.53. The summed E-state index contributed by atoms with van der Waals surface area (Å²) in [5, 5.41) is 0. The summed E-state index contributed by atoms with van der Waals surface area (Å²) in [6.07, 6.45) is 0. The zero-order valence-corrected chi connectivity index (χ0v) is 11.8. The minimum absolute atomic E-state index is 0.0142. The lowest BCUT2D eigenvalue weighted by Gasteiger charge is -2.31. The van der Waals surface area contributed by atoms with Crippen LogP contribution in [0.5, 0.6) is 5.75 Å². The first kappa shape index (κ1) is 14.2. The monoisotopic (exact) mass is 277 g/mol. The number of hydrogen-bond donors (Lipinski definition) is 1. The predicted octanol–water partition coefficient (Wildman–Crippen LogP) is 0.863. The van der Waals surface area contributed by atoms with Gasteiger partial charge in [0.05, 0.1) is 11.4 Å². The van der Waals surface area contributed by atoms with E-state index in [4.69, 9.17) is 10.5 Å². The van der Waals surface area contributed by atoms with E-state index in [0.717, 1.165) is 0 Å². The number of nitrogens with zero attached hydrogens (tertiary/aromatic N) is 2. The van der Waals surface area contributed by atoms with Gasteiger partial charge in [-0.3, -0.25) is 14.5 Å². The van der Waals surface area contributed by atoms with Crippen molar-refractivity contribution in [2.75, 3.05) is 36.9 Å². The molecule has 1 aromatic carbocycles. The highest BCUT2D eigenvalue weighted by Gasteiger charge is 2.29. The van der Waals surface area contributed by atoms with E-state index in [1.54, 1.807) is 23.1 Å². The minimum Gasteiger partial charge on any atom is -0.479 e. The normalized spacial score (nSPS) is 13.7. The molecule has 0 radical (unpaired) electrons. The van der Waals surface area contributed by atoms with Gasteiger partial charge < -0.3 is 15.4 Å². The van der Waals surface area contributed by atoms with Crippen molar-refractivity contribution in [1.82, 2.24) is 4.90 Å². The van der Waals surface area contributed by atoms with E-state index in [9.17, 15) is 9.59 Å². The number of ether oxygens (including phenoxy) is 1. The molecule has 2 amide bonds. The van der Waals surface area contributed by atoms with Crippen LogP contribution >= 0.6 is 0 Å². The van der Waals surface area contributed by atoms with Crippen LogP contribution in [0.25, 0.3) is 0 Å². The van der Waals surface area contributed by atoms with Gasteiger partial charge in [-0.1, -0.05) is 6.07 Å². The number of amides is 2. The second kappa shape index (κ2) is 5.81. The highest BCUT2D eigenvalue weighted by molar-refractivity contribution is 6.03. The third kappa shape index (κ3) is 2.54. The second-order valence-electron chi connectivity index (χ2n) is 4.53. The lowest BCUT2D eigenvalue weighted by molar-refractivity contribution is -0.131. The Hall–Kier alpha value is -2.24.